The van der Waals surface area contributed by atoms with Crippen LogP contribution in [0.2, 0.25) is 5.02 Å². The zero-order valence-electron chi connectivity index (χ0n) is 21.4. The number of piperazine rings is 1. The fourth-order valence-electron chi connectivity index (χ4n) is 5.04. The van der Waals surface area contributed by atoms with Crippen LogP contribution < -0.4 is 5.32 Å². The number of carbonyl (C=O) groups is 3. The summed E-state index contributed by atoms with van der Waals surface area (Å²) in [6, 6.07) is 15.4. The Balaban J connectivity index is 1.64. The first-order valence-electron chi connectivity index (χ1n) is 12.7. The summed E-state index contributed by atoms with van der Waals surface area (Å²) in [4.78, 5) is 45.2. The predicted molar refractivity (Wildman–Crippen MR) is 142 cm³/mol. The van der Waals surface area contributed by atoms with Gasteiger partial charge in [-0.05, 0) is 44.5 Å². The zero-order valence-corrected chi connectivity index (χ0v) is 22.2. The molecule has 0 aromatic heterocycles. The summed E-state index contributed by atoms with van der Waals surface area (Å²) in [5, 5.41) is 3.41. The third kappa shape index (κ3) is 5.65. The zero-order chi connectivity index (χ0) is 26.5. The van der Waals surface area contributed by atoms with Crippen molar-refractivity contribution in [2.45, 2.75) is 32.9 Å². The predicted octanol–water partition coefficient (Wildman–Crippen LogP) is 4.09. The van der Waals surface area contributed by atoms with Gasteiger partial charge < -0.3 is 15.0 Å². The number of urea groups is 1. The molecular weight excluding hydrogens is 492 g/mol. The van der Waals surface area contributed by atoms with E-state index in [0.717, 1.165) is 0 Å². The van der Waals surface area contributed by atoms with Crippen LogP contribution in [-0.2, 0) is 9.53 Å². The fraction of sp³-hybridized carbons (Fsp3) is 0.393. The molecule has 0 bridgehead atoms. The average Bonchev–Trinajstić information content (AvgIpc) is 2.89. The van der Waals surface area contributed by atoms with Gasteiger partial charge in [-0.15, -0.1) is 0 Å². The molecule has 2 aromatic carbocycles. The Morgan fingerprint density at radius 1 is 1.05 bits per heavy atom. The standard InChI is InChI=1S/C28H33ClN4O4/c1-4-32-23(18-31-15-16-33(19(3)17-31)26(34)20-11-7-6-8-12-20)24(27(35)37-5-2)25(30-28(32)36)21-13-9-10-14-22(21)29/h6-14,19,25H,4-5,15-18H2,1-3H3,(H,30,36)/t19-,25+/m0/s1. The van der Waals surface area contributed by atoms with E-state index in [1.54, 1.807) is 24.0 Å². The number of ether oxygens (including phenoxy) is 1. The van der Waals surface area contributed by atoms with Crippen molar-refractivity contribution in [3.8, 4) is 0 Å². The van der Waals surface area contributed by atoms with Gasteiger partial charge in [0.05, 0.1) is 18.2 Å². The molecule has 37 heavy (non-hydrogen) atoms. The van der Waals surface area contributed by atoms with Crippen molar-refractivity contribution in [3.05, 3.63) is 82.0 Å². The Morgan fingerprint density at radius 2 is 1.76 bits per heavy atom. The highest BCUT2D eigenvalue weighted by Crippen LogP contribution is 2.35. The molecule has 1 fully saturated rings. The minimum atomic E-state index is -0.726. The van der Waals surface area contributed by atoms with Crippen molar-refractivity contribution < 1.29 is 19.1 Å². The van der Waals surface area contributed by atoms with Gasteiger partial charge >= 0.3 is 12.0 Å². The Morgan fingerprint density at radius 3 is 2.41 bits per heavy atom. The van der Waals surface area contributed by atoms with E-state index in [2.05, 4.69) is 10.2 Å². The molecule has 2 aromatic rings. The molecule has 2 heterocycles. The van der Waals surface area contributed by atoms with E-state index in [1.165, 1.54) is 0 Å². The molecule has 2 atom stereocenters. The van der Waals surface area contributed by atoms with Crippen molar-refractivity contribution >= 4 is 29.5 Å². The van der Waals surface area contributed by atoms with Gasteiger partial charge in [-0.1, -0.05) is 48.0 Å². The highest BCUT2D eigenvalue weighted by atomic mass is 35.5. The summed E-state index contributed by atoms with van der Waals surface area (Å²) in [7, 11) is 0. The van der Waals surface area contributed by atoms with E-state index in [9.17, 15) is 14.4 Å². The van der Waals surface area contributed by atoms with Gasteiger partial charge in [0.1, 0.15) is 0 Å². The molecule has 9 heteroatoms. The number of rotatable bonds is 7. The first kappa shape index (κ1) is 26.7. The largest absolute Gasteiger partial charge is 0.463 e. The molecule has 0 spiro atoms. The van der Waals surface area contributed by atoms with Gasteiger partial charge in [0, 0.05) is 55.0 Å². The molecule has 0 radical (unpaired) electrons. The van der Waals surface area contributed by atoms with Crippen LogP contribution in [0, 0.1) is 0 Å². The maximum atomic E-state index is 13.3. The molecule has 2 aliphatic rings. The van der Waals surface area contributed by atoms with Gasteiger partial charge in [-0.3, -0.25) is 14.6 Å². The lowest BCUT2D eigenvalue weighted by molar-refractivity contribution is -0.139. The number of nitrogens with zero attached hydrogens (tertiary/aromatic N) is 3. The first-order valence-corrected chi connectivity index (χ1v) is 13.0. The van der Waals surface area contributed by atoms with E-state index < -0.39 is 12.0 Å². The van der Waals surface area contributed by atoms with E-state index in [-0.39, 0.29) is 24.6 Å². The number of likely N-dealkylation sites (N-methyl/N-ethyl adjacent to an activating group) is 1. The van der Waals surface area contributed by atoms with Crippen molar-refractivity contribution in [1.82, 2.24) is 20.0 Å². The summed E-state index contributed by atoms with van der Waals surface area (Å²) < 4.78 is 5.45. The van der Waals surface area contributed by atoms with Gasteiger partial charge in [-0.25, -0.2) is 9.59 Å². The summed E-state index contributed by atoms with van der Waals surface area (Å²) in [5.41, 5.74) is 2.29. The molecule has 1 saturated heterocycles. The number of benzene rings is 2. The number of nitrogens with one attached hydrogen (secondary N) is 1. The van der Waals surface area contributed by atoms with Crippen molar-refractivity contribution in [2.75, 3.05) is 39.3 Å². The van der Waals surface area contributed by atoms with Crippen molar-refractivity contribution in [3.63, 3.8) is 0 Å². The number of carbonyl (C=O) groups excluding carboxylic acids is 3. The molecule has 3 amide bonds. The Kier molecular flexibility index (Phi) is 8.51. The molecule has 4 rings (SSSR count). The molecule has 0 saturated carbocycles. The van der Waals surface area contributed by atoms with Gasteiger partial charge in [-0.2, -0.15) is 0 Å². The van der Waals surface area contributed by atoms with Crippen LogP contribution in [0.3, 0.4) is 0 Å². The van der Waals surface area contributed by atoms with Crippen LogP contribution >= 0.6 is 11.6 Å². The molecule has 1 N–H and O–H groups in total. The van der Waals surface area contributed by atoms with Crippen LogP contribution in [0.4, 0.5) is 4.79 Å². The lowest BCUT2D eigenvalue weighted by Gasteiger charge is -2.43. The maximum Gasteiger partial charge on any atom is 0.338 e. The number of esters is 1. The highest BCUT2D eigenvalue weighted by Gasteiger charge is 2.39. The van der Waals surface area contributed by atoms with Crippen molar-refractivity contribution in [1.29, 1.82) is 0 Å². The fourth-order valence-corrected chi connectivity index (χ4v) is 5.28. The Bertz CT molecular complexity index is 1190. The third-order valence-corrected chi connectivity index (χ3v) is 7.18. The SMILES string of the molecule is CCOC(=O)C1=C(CN2CCN(C(=O)c3ccccc3)[C@@H](C)C2)N(CC)C(=O)N[C@@H]1c1ccccc1Cl. The van der Waals surface area contributed by atoms with Crippen LogP contribution in [0.1, 0.15) is 42.7 Å². The molecular formula is C28H33ClN4O4. The lowest BCUT2D eigenvalue weighted by atomic mass is 9.94. The number of hydrogen-bond donors (Lipinski definition) is 1. The van der Waals surface area contributed by atoms with Crippen LogP contribution in [-0.4, -0.2) is 78.0 Å². The van der Waals surface area contributed by atoms with Gasteiger partial charge in [0.25, 0.3) is 5.91 Å². The third-order valence-electron chi connectivity index (χ3n) is 6.83. The minimum Gasteiger partial charge on any atom is -0.463 e. The summed E-state index contributed by atoms with van der Waals surface area (Å²) in [6.07, 6.45) is 0. The van der Waals surface area contributed by atoms with E-state index in [0.29, 0.717) is 60.1 Å². The lowest BCUT2D eigenvalue weighted by Crippen LogP contribution is -2.56. The monoisotopic (exact) mass is 524 g/mol. The Hall–Kier alpha value is -3.36. The number of amides is 3. The van der Waals surface area contributed by atoms with Crippen molar-refractivity contribution in [2.24, 2.45) is 0 Å². The Labute approximate surface area is 222 Å². The van der Waals surface area contributed by atoms with Crippen LogP contribution in [0.5, 0.6) is 0 Å². The van der Waals surface area contributed by atoms with E-state index >= 15 is 0 Å². The quantitative estimate of drug-likeness (QED) is 0.552. The highest BCUT2D eigenvalue weighted by molar-refractivity contribution is 6.31. The molecule has 2 aliphatic heterocycles. The molecule has 196 valence electrons. The van der Waals surface area contributed by atoms with Crippen LogP contribution in [0.25, 0.3) is 0 Å². The maximum absolute atomic E-state index is 13.3. The van der Waals surface area contributed by atoms with Crippen LogP contribution in [0.15, 0.2) is 65.9 Å². The second-order valence-corrected chi connectivity index (χ2v) is 9.59. The smallest absolute Gasteiger partial charge is 0.338 e. The second-order valence-electron chi connectivity index (χ2n) is 9.18. The van der Waals surface area contributed by atoms with Gasteiger partial charge in [0.15, 0.2) is 0 Å². The molecule has 8 nitrogen and oxygen atoms in total. The summed E-state index contributed by atoms with van der Waals surface area (Å²) in [5.74, 6) is -0.475. The normalized spacial score (nSPS) is 20.6. The second kappa shape index (κ2) is 11.8. The van der Waals surface area contributed by atoms with E-state index in [4.69, 9.17) is 16.3 Å². The van der Waals surface area contributed by atoms with E-state index in [1.807, 2.05) is 61.2 Å². The number of halogens is 1. The summed E-state index contributed by atoms with van der Waals surface area (Å²) >= 11 is 6.49. The first-order chi connectivity index (χ1) is 17.8. The minimum absolute atomic E-state index is 0.00481. The molecule has 0 aliphatic carbocycles. The van der Waals surface area contributed by atoms with Gasteiger partial charge in [0.2, 0.25) is 0 Å². The topological polar surface area (TPSA) is 82.2 Å². The number of hydrogen-bond acceptors (Lipinski definition) is 5. The molecule has 0 unspecified atom stereocenters. The average molecular weight is 525 g/mol. The summed E-state index contributed by atoms with van der Waals surface area (Å²) in [6.45, 7) is 8.38.